The van der Waals surface area contributed by atoms with Gasteiger partial charge < -0.3 is 15.4 Å². The molecule has 0 bridgehead atoms. The van der Waals surface area contributed by atoms with Crippen LogP contribution in [0.15, 0.2) is 18.2 Å². The van der Waals surface area contributed by atoms with Crippen LogP contribution in [-0.2, 0) is 0 Å². The second-order valence-electron chi connectivity index (χ2n) is 3.96. The van der Waals surface area contributed by atoms with Gasteiger partial charge in [0.25, 0.3) is 0 Å². The molecule has 4 nitrogen and oxygen atoms in total. The van der Waals surface area contributed by atoms with Gasteiger partial charge in [0, 0.05) is 12.1 Å². The fourth-order valence-corrected chi connectivity index (χ4v) is 1.24. The predicted octanol–water partition coefficient (Wildman–Crippen LogP) is 1.41. The molecule has 0 amide bonds. The maximum Gasteiger partial charge on any atom is 0.159 e. The van der Waals surface area contributed by atoms with Gasteiger partial charge in [-0.25, -0.2) is 0 Å². The first kappa shape index (κ1) is 12.5. The van der Waals surface area contributed by atoms with E-state index < -0.39 is 0 Å². The molecule has 0 aromatic heterocycles. The van der Waals surface area contributed by atoms with Crippen molar-refractivity contribution in [3.05, 3.63) is 23.8 Å². The molecule has 1 aromatic rings. The van der Waals surface area contributed by atoms with Gasteiger partial charge in [0.2, 0.25) is 0 Å². The highest BCUT2D eigenvalue weighted by atomic mass is 16.5. The number of ketones is 1. The molecule has 0 aliphatic carbocycles. The highest BCUT2D eigenvalue weighted by molar-refractivity contribution is 5.95. The van der Waals surface area contributed by atoms with Crippen LogP contribution in [0.2, 0.25) is 0 Å². The SMILES string of the molecule is CC(=O)c1ccc(OCCN(C)C)c(N)c1. The topological polar surface area (TPSA) is 55.6 Å². The molecule has 0 fully saturated rings. The molecule has 0 aliphatic heterocycles. The van der Waals surface area contributed by atoms with Gasteiger partial charge in [-0.3, -0.25) is 4.79 Å². The molecule has 2 N–H and O–H groups in total. The van der Waals surface area contributed by atoms with Crippen molar-refractivity contribution in [1.82, 2.24) is 4.90 Å². The van der Waals surface area contributed by atoms with E-state index in [2.05, 4.69) is 0 Å². The number of nitrogens with two attached hydrogens (primary N) is 1. The van der Waals surface area contributed by atoms with E-state index in [1.54, 1.807) is 18.2 Å². The maximum atomic E-state index is 11.1. The number of hydrogen-bond acceptors (Lipinski definition) is 4. The number of anilines is 1. The summed E-state index contributed by atoms with van der Waals surface area (Å²) in [5, 5.41) is 0. The summed E-state index contributed by atoms with van der Waals surface area (Å²) in [6.07, 6.45) is 0. The molecular formula is C12H18N2O2. The third kappa shape index (κ3) is 3.55. The second kappa shape index (κ2) is 5.51. The minimum absolute atomic E-state index is 0.00606. The van der Waals surface area contributed by atoms with Gasteiger partial charge >= 0.3 is 0 Å². The van der Waals surface area contributed by atoms with E-state index in [1.165, 1.54) is 6.92 Å². The van der Waals surface area contributed by atoms with E-state index in [9.17, 15) is 4.79 Å². The van der Waals surface area contributed by atoms with Gasteiger partial charge in [0.05, 0.1) is 5.69 Å². The van der Waals surface area contributed by atoms with E-state index in [0.717, 1.165) is 6.54 Å². The highest BCUT2D eigenvalue weighted by Gasteiger charge is 2.05. The van der Waals surface area contributed by atoms with Crippen molar-refractivity contribution in [3.8, 4) is 5.75 Å². The van der Waals surface area contributed by atoms with E-state index in [-0.39, 0.29) is 5.78 Å². The Morgan fingerprint density at radius 3 is 2.62 bits per heavy atom. The van der Waals surface area contributed by atoms with Crippen LogP contribution in [0.25, 0.3) is 0 Å². The maximum absolute atomic E-state index is 11.1. The molecule has 0 saturated heterocycles. The van der Waals surface area contributed by atoms with E-state index >= 15 is 0 Å². The smallest absolute Gasteiger partial charge is 0.159 e. The van der Waals surface area contributed by atoms with Crippen LogP contribution in [0.4, 0.5) is 5.69 Å². The Bertz CT molecular complexity index is 375. The lowest BCUT2D eigenvalue weighted by molar-refractivity contribution is 0.101. The van der Waals surface area contributed by atoms with Crippen molar-refractivity contribution in [2.45, 2.75) is 6.92 Å². The summed E-state index contributed by atoms with van der Waals surface area (Å²) >= 11 is 0. The van der Waals surface area contributed by atoms with Crippen LogP contribution in [0.5, 0.6) is 5.75 Å². The Labute approximate surface area is 96.0 Å². The predicted molar refractivity (Wildman–Crippen MR) is 64.9 cm³/mol. The van der Waals surface area contributed by atoms with Gasteiger partial charge in [-0.05, 0) is 39.2 Å². The largest absolute Gasteiger partial charge is 0.490 e. The number of carbonyl (C=O) groups excluding carboxylic acids is 1. The van der Waals surface area contributed by atoms with Crippen LogP contribution >= 0.6 is 0 Å². The molecule has 16 heavy (non-hydrogen) atoms. The van der Waals surface area contributed by atoms with Gasteiger partial charge in [0.15, 0.2) is 5.78 Å². The number of benzene rings is 1. The Morgan fingerprint density at radius 2 is 2.12 bits per heavy atom. The van der Waals surface area contributed by atoms with E-state index in [0.29, 0.717) is 23.6 Å². The Morgan fingerprint density at radius 1 is 1.44 bits per heavy atom. The summed E-state index contributed by atoms with van der Waals surface area (Å²) in [7, 11) is 3.96. The highest BCUT2D eigenvalue weighted by Crippen LogP contribution is 2.22. The molecule has 0 unspecified atom stereocenters. The average molecular weight is 222 g/mol. The standard InChI is InChI=1S/C12H18N2O2/c1-9(15)10-4-5-12(11(13)8-10)16-7-6-14(2)3/h4-5,8H,6-7,13H2,1-3H3. The van der Waals surface area contributed by atoms with Crippen molar-refractivity contribution in [3.63, 3.8) is 0 Å². The normalized spacial score (nSPS) is 10.5. The summed E-state index contributed by atoms with van der Waals surface area (Å²) in [5.74, 6) is 0.637. The van der Waals surface area contributed by atoms with Crippen LogP contribution in [0, 0.1) is 0 Å². The summed E-state index contributed by atoms with van der Waals surface area (Å²) < 4.78 is 5.50. The number of nitrogens with zero attached hydrogens (tertiary/aromatic N) is 1. The molecule has 4 heteroatoms. The molecule has 88 valence electrons. The number of rotatable bonds is 5. The first-order chi connectivity index (χ1) is 7.50. The molecule has 0 radical (unpaired) electrons. The van der Waals surface area contributed by atoms with Gasteiger partial charge in [-0.15, -0.1) is 0 Å². The van der Waals surface area contributed by atoms with Crippen molar-refractivity contribution in [2.24, 2.45) is 0 Å². The summed E-state index contributed by atoms with van der Waals surface area (Å²) in [5.41, 5.74) is 6.90. The number of likely N-dealkylation sites (N-methyl/N-ethyl adjacent to an activating group) is 1. The van der Waals surface area contributed by atoms with Gasteiger partial charge in [-0.1, -0.05) is 0 Å². The number of ether oxygens (including phenoxy) is 1. The zero-order valence-electron chi connectivity index (χ0n) is 9.99. The zero-order chi connectivity index (χ0) is 12.1. The quantitative estimate of drug-likeness (QED) is 0.604. The van der Waals surface area contributed by atoms with Crippen molar-refractivity contribution in [1.29, 1.82) is 0 Å². The third-order valence-corrected chi connectivity index (χ3v) is 2.21. The minimum Gasteiger partial charge on any atom is -0.490 e. The van der Waals surface area contributed by atoms with Crippen molar-refractivity contribution < 1.29 is 9.53 Å². The van der Waals surface area contributed by atoms with Crippen molar-refractivity contribution >= 4 is 11.5 Å². The zero-order valence-corrected chi connectivity index (χ0v) is 9.99. The average Bonchev–Trinajstić information content (AvgIpc) is 2.19. The molecule has 1 aromatic carbocycles. The van der Waals surface area contributed by atoms with Gasteiger partial charge in [0.1, 0.15) is 12.4 Å². The van der Waals surface area contributed by atoms with Crippen LogP contribution in [0.3, 0.4) is 0 Å². The van der Waals surface area contributed by atoms with E-state index in [4.69, 9.17) is 10.5 Å². The van der Waals surface area contributed by atoms with Gasteiger partial charge in [-0.2, -0.15) is 0 Å². The first-order valence-electron chi connectivity index (χ1n) is 5.18. The molecule has 0 saturated carbocycles. The number of nitrogen functional groups attached to an aromatic ring is 1. The van der Waals surface area contributed by atoms with Crippen LogP contribution in [-0.4, -0.2) is 37.9 Å². The van der Waals surface area contributed by atoms with Crippen molar-refractivity contribution in [2.75, 3.05) is 33.0 Å². The molecular weight excluding hydrogens is 204 g/mol. The molecule has 0 heterocycles. The fraction of sp³-hybridized carbons (Fsp3) is 0.417. The first-order valence-corrected chi connectivity index (χ1v) is 5.18. The monoisotopic (exact) mass is 222 g/mol. The number of carbonyl (C=O) groups is 1. The lowest BCUT2D eigenvalue weighted by Gasteiger charge is -2.12. The Balaban J connectivity index is 2.64. The lowest BCUT2D eigenvalue weighted by atomic mass is 10.1. The molecule has 1 rings (SSSR count). The Kier molecular flexibility index (Phi) is 4.31. The molecule has 0 atom stereocenters. The van der Waals surface area contributed by atoms with Crippen LogP contribution in [0.1, 0.15) is 17.3 Å². The number of Topliss-reactive ketones (excluding diaryl/α,β-unsaturated/α-hetero) is 1. The molecule has 0 spiro atoms. The second-order valence-corrected chi connectivity index (χ2v) is 3.96. The van der Waals surface area contributed by atoms with E-state index in [1.807, 2.05) is 19.0 Å². The van der Waals surface area contributed by atoms with Crippen LogP contribution < -0.4 is 10.5 Å². The summed E-state index contributed by atoms with van der Waals surface area (Å²) in [6.45, 7) is 2.92. The molecule has 0 aliphatic rings. The summed E-state index contributed by atoms with van der Waals surface area (Å²) in [4.78, 5) is 13.1. The Hall–Kier alpha value is -1.55. The minimum atomic E-state index is 0.00606. The third-order valence-electron chi connectivity index (χ3n) is 2.21. The lowest BCUT2D eigenvalue weighted by Crippen LogP contribution is -2.19. The summed E-state index contributed by atoms with van der Waals surface area (Å²) in [6, 6.07) is 5.11. The fourth-order valence-electron chi connectivity index (χ4n) is 1.24. The number of hydrogen-bond donors (Lipinski definition) is 1.